The van der Waals surface area contributed by atoms with Gasteiger partial charge in [0.05, 0.1) is 12.2 Å². The predicted molar refractivity (Wildman–Crippen MR) is 50.2 cm³/mol. The van der Waals surface area contributed by atoms with Crippen molar-refractivity contribution in [3.8, 4) is 0 Å². The Hall–Kier alpha value is -1.62. The zero-order valence-corrected chi connectivity index (χ0v) is 7.71. The number of rotatable bonds is 3. The summed E-state index contributed by atoms with van der Waals surface area (Å²) < 4.78 is 17.8. The lowest BCUT2D eigenvalue weighted by atomic mass is 10.2. The van der Waals surface area contributed by atoms with Crippen LogP contribution in [-0.2, 0) is 4.74 Å². The first-order chi connectivity index (χ1) is 6.69. The normalized spacial score (nSPS) is 9.64. The van der Waals surface area contributed by atoms with Crippen LogP contribution in [0.1, 0.15) is 17.3 Å². The third-order valence-corrected chi connectivity index (χ3v) is 1.63. The highest BCUT2D eigenvalue weighted by atomic mass is 19.1. The molecule has 0 bridgehead atoms. The quantitative estimate of drug-likeness (QED) is 0.436. The maximum atomic E-state index is 13.1. The first kappa shape index (κ1) is 10.5. The molecule has 0 spiro atoms. The van der Waals surface area contributed by atoms with Gasteiger partial charge in [-0.2, -0.15) is 0 Å². The molecule has 0 unspecified atom stereocenters. The fourth-order valence-electron chi connectivity index (χ4n) is 0.980. The van der Waals surface area contributed by atoms with Gasteiger partial charge in [-0.3, -0.25) is 5.84 Å². The molecule has 5 heteroatoms. The minimum atomic E-state index is -0.693. The standard InChI is InChI=1S/C9H11FN2O2/c1-2-14-9(13)7-5-6(12-11)3-4-8(7)10/h3-5,12H,2,11H2,1H3. The Balaban J connectivity index is 2.99. The van der Waals surface area contributed by atoms with E-state index in [1.54, 1.807) is 6.92 Å². The van der Waals surface area contributed by atoms with Gasteiger partial charge >= 0.3 is 5.97 Å². The van der Waals surface area contributed by atoms with E-state index in [0.717, 1.165) is 6.07 Å². The molecule has 4 nitrogen and oxygen atoms in total. The third-order valence-electron chi connectivity index (χ3n) is 1.63. The molecule has 0 saturated heterocycles. The number of hydrazine groups is 1. The van der Waals surface area contributed by atoms with Gasteiger partial charge in [-0.1, -0.05) is 0 Å². The molecule has 0 atom stereocenters. The van der Waals surface area contributed by atoms with Crippen molar-refractivity contribution in [1.29, 1.82) is 0 Å². The third kappa shape index (κ3) is 2.20. The van der Waals surface area contributed by atoms with Gasteiger partial charge in [-0.15, -0.1) is 0 Å². The zero-order chi connectivity index (χ0) is 10.6. The molecule has 0 aromatic heterocycles. The predicted octanol–water partition coefficient (Wildman–Crippen LogP) is 1.29. The van der Waals surface area contributed by atoms with Gasteiger partial charge in [0, 0.05) is 5.69 Å². The highest BCUT2D eigenvalue weighted by molar-refractivity contribution is 5.90. The highest BCUT2D eigenvalue weighted by Gasteiger charge is 2.12. The van der Waals surface area contributed by atoms with Crippen molar-refractivity contribution in [2.75, 3.05) is 12.0 Å². The second-order valence-electron chi connectivity index (χ2n) is 2.56. The summed E-state index contributed by atoms with van der Waals surface area (Å²) in [6.45, 7) is 1.86. The second kappa shape index (κ2) is 4.57. The highest BCUT2D eigenvalue weighted by Crippen LogP contribution is 2.14. The smallest absolute Gasteiger partial charge is 0.341 e. The Morgan fingerprint density at radius 1 is 1.64 bits per heavy atom. The number of ether oxygens (including phenoxy) is 1. The number of nitrogen functional groups attached to an aromatic ring is 1. The van der Waals surface area contributed by atoms with E-state index in [9.17, 15) is 9.18 Å². The second-order valence-corrected chi connectivity index (χ2v) is 2.56. The Morgan fingerprint density at radius 3 is 2.93 bits per heavy atom. The summed E-state index contributed by atoms with van der Waals surface area (Å²) in [5.41, 5.74) is 2.65. The van der Waals surface area contributed by atoms with Gasteiger partial charge in [0.25, 0.3) is 0 Å². The molecule has 14 heavy (non-hydrogen) atoms. The number of carbonyl (C=O) groups is 1. The number of carbonyl (C=O) groups excluding carboxylic acids is 1. The maximum Gasteiger partial charge on any atom is 0.341 e. The molecular formula is C9H11FN2O2. The van der Waals surface area contributed by atoms with Crippen LogP contribution < -0.4 is 11.3 Å². The van der Waals surface area contributed by atoms with Crippen LogP contribution in [0.2, 0.25) is 0 Å². The summed E-state index contributed by atoms with van der Waals surface area (Å²) in [5.74, 6) is 3.80. The van der Waals surface area contributed by atoms with Crippen LogP contribution in [0.15, 0.2) is 18.2 Å². The Bertz CT molecular complexity index is 342. The minimum Gasteiger partial charge on any atom is -0.462 e. The number of halogens is 1. The van der Waals surface area contributed by atoms with Crippen LogP contribution >= 0.6 is 0 Å². The molecule has 1 rings (SSSR count). The van der Waals surface area contributed by atoms with Crippen LogP contribution in [0.3, 0.4) is 0 Å². The summed E-state index contributed by atoms with van der Waals surface area (Å²) in [6.07, 6.45) is 0. The summed E-state index contributed by atoms with van der Waals surface area (Å²) in [5, 5.41) is 0. The van der Waals surface area contributed by atoms with Crippen LogP contribution in [0.25, 0.3) is 0 Å². The zero-order valence-electron chi connectivity index (χ0n) is 7.71. The Labute approximate surface area is 80.8 Å². The van der Waals surface area contributed by atoms with E-state index in [2.05, 4.69) is 10.2 Å². The van der Waals surface area contributed by atoms with E-state index >= 15 is 0 Å². The molecule has 0 radical (unpaired) electrons. The Morgan fingerprint density at radius 2 is 2.36 bits per heavy atom. The number of nitrogens with two attached hydrogens (primary N) is 1. The number of hydrogen-bond donors (Lipinski definition) is 2. The maximum absolute atomic E-state index is 13.1. The van der Waals surface area contributed by atoms with Crippen molar-refractivity contribution in [3.63, 3.8) is 0 Å². The number of anilines is 1. The van der Waals surface area contributed by atoms with Crippen molar-refractivity contribution < 1.29 is 13.9 Å². The number of nitrogens with one attached hydrogen (secondary N) is 1. The van der Waals surface area contributed by atoms with Crippen LogP contribution in [0.5, 0.6) is 0 Å². The van der Waals surface area contributed by atoms with E-state index < -0.39 is 11.8 Å². The molecule has 0 aliphatic carbocycles. The van der Waals surface area contributed by atoms with Crippen molar-refractivity contribution in [1.82, 2.24) is 0 Å². The van der Waals surface area contributed by atoms with Gasteiger partial charge in [0.1, 0.15) is 5.82 Å². The fourth-order valence-corrected chi connectivity index (χ4v) is 0.980. The summed E-state index contributed by atoms with van der Waals surface area (Å²) >= 11 is 0. The molecule has 3 N–H and O–H groups in total. The van der Waals surface area contributed by atoms with E-state index in [0.29, 0.717) is 5.69 Å². The number of benzene rings is 1. The lowest BCUT2D eigenvalue weighted by Gasteiger charge is -2.05. The van der Waals surface area contributed by atoms with E-state index in [1.807, 2.05) is 0 Å². The summed E-state index contributed by atoms with van der Waals surface area (Å²) in [6, 6.07) is 3.88. The van der Waals surface area contributed by atoms with E-state index in [-0.39, 0.29) is 12.2 Å². The van der Waals surface area contributed by atoms with E-state index in [4.69, 9.17) is 5.84 Å². The fraction of sp³-hybridized carbons (Fsp3) is 0.222. The molecule has 0 aliphatic heterocycles. The van der Waals surface area contributed by atoms with Crippen molar-refractivity contribution in [3.05, 3.63) is 29.6 Å². The molecular weight excluding hydrogens is 187 g/mol. The van der Waals surface area contributed by atoms with Gasteiger partial charge < -0.3 is 10.2 Å². The molecule has 0 fully saturated rings. The molecule has 0 saturated carbocycles. The monoisotopic (exact) mass is 198 g/mol. The molecule has 0 heterocycles. The van der Waals surface area contributed by atoms with Crippen LogP contribution in [0.4, 0.5) is 10.1 Å². The SMILES string of the molecule is CCOC(=O)c1cc(NN)ccc1F. The molecule has 0 amide bonds. The minimum absolute atomic E-state index is 0.123. The molecule has 1 aromatic rings. The van der Waals surface area contributed by atoms with Crippen molar-refractivity contribution >= 4 is 11.7 Å². The first-order valence-corrected chi connectivity index (χ1v) is 4.12. The average molecular weight is 198 g/mol. The lowest BCUT2D eigenvalue weighted by molar-refractivity contribution is 0.0521. The number of esters is 1. The summed E-state index contributed by atoms with van der Waals surface area (Å²) in [4.78, 5) is 11.2. The largest absolute Gasteiger partial charge is 0.462 e. The molecule has 1 aromatic carbocycles. The molecule has 76 valence electrons. The Kier molecular flexibility index (Phi) is 3.41. The van der Waals surface area contributed by atoms with Crippen LogP contribution in [0, 0.1) is 5.82 Å². The summed E-state index contributed by atoms with van der Waals surface area (Å²) in [7, 11) is 0. The van der Waals surface area contributed by atoms with Gasteiger partial charge in [-0.25, -0.2) is 9.18 Å². The van der Waals surface area contributed by atoms with Crippen molar-refractivity contribution in [2.24, 2.45) is 5.84 Å². The van der Waals surface area contributed by atoms with Gasteiger partial charge in [-0.05, 0) is 25.1 Å². The number of hydrogen-bond acceptors (Lipinski definition) is 4. The van der Waals surface area contributed by atoms with Gasteiger partial charge in [0.2, 0.25) is 0 Å². The average Bonchev–Trinajstić information content (AvgIpc) is 2.19. The van der Waals surface area contributed by atoms with Gasteiger partial charge in [0.15, 0.2) is 0 Å². The first-order valence-electron chi connectivity index (χ1n) is 4.12. The van der Waals surface area contributed by atoms with Crippen molar-refractivity contribution in [2.45, 2.75) is 6.92 Å². The topological polar surface area (TPSA) is 64.3 Å². The van der Waals surface area contributed by atoms with E-state index in [1.165, 1.54) is 12.1 Å². The lowest BCUT2D eigenvalue weighted by Crippen LogP contribution is -2.11. The van der Waals surface area contributed by atoms with Crippen LogP contribution in [-0.4, -0.2) is 12.6 Å². The molecule has 0 aliphatic rings.